The van der Waals surface area contributed by atoms with Crippen LogP contribution in [0.3, 0.4) is 0 Å². The van der Waals surface area contributed by atoms with Gasteiger partial charge in [0.15, 0.2) is 0 Å². The van der Waals surface area contributed by atoms with Gasteiger partial charge in [0, 0.05) is 15.2 Å². The standard InChI is InChI=1S/C13H12ClIN2O/c14-10-6-8(4-5-11(10)15)13(18)17-12-3-1-2-9(12)7-16/h4-6,9,12H,1-3H2,(H,17,18). The minimum absolute atomic E-state index is 0.0273. The molecule has 0 heterocycles. The van der Waals surface area contributed by atoms with E-state index in [0.717, 1.165) is 22.8 Å². The molecule has 1 aliphatic carbocycles. The lowest BCUT2D eigenvalue weighted by molar-refractivity contribution is 0.0933. The molecule has 1 N–H and O–H groups in total. The largest absolute Gasteiger partial charge is 0.348 e. The summed E-state index contributed by atoms with van der Waals surface area (Å²) >= 11 is 8.11. The van der Waals surface area contributed by atoms with Crippen LogP contribution >= 0.6 is 34.2 Å². The highest BCUT2D eigenvalue weighted by atomic mass is 127. The van der Waals surface area contributed by atoms with Gasteiger partial charge < -0.3 is 5.32 Å². The quantitative estimate of drug-likeness (QED) is 0.807. The van der Waals surface area contributed by atoms with Crippen molar-refractivity contribution in [1.29, 1.82) is 5.26 Å². The van der Waals surface area contributed by atoms with E-state index in [-0.39, 0.29) is 17.9 Å². The van der Waals surface area contributed by atoms with E-state index in [1.807, 2.05) is 6.07 Å². The van der Waals surface area contributed by atoms with Gasteiger partial charge in [0.2, 0.25) is 0 Å². The normalized spacial score (nSPS) is 22.5. The van der Waals surface area contributed by atoms with Crippen LogP contribution in [0.5, 0.6) is 0 Å². The van der Waals surface area contributed by atoms with Crippen LogP contribution in [0.25, 0.3) is 0 Å². The van der Waals surface area contributed by atoms with Gasteiger partial charge in [-0.25, -0.2) is 0 Å². The number of nitriles is 1. The summed E-state index contributed by atoms with van der Waals surface area (Å²) in [5.41, 5.74) is 0.545. The van der Waals surface area contributed by atoms with Crippen molar-refractivity contribution in [1.82, 2.24) is 5.32 Å². The van der Waals surface area contributed by atoms with Crippen molar-refractivity contribution < 1.29 is 4.79 Å². The molecule has 0 spiro atoms. The monoisotopic (exact) mass is 374 g/mol. The van der Waals surface area contributed by atoms with Crippen molar-refractivity contribution >= 4 is 40.1 Å². The third-order valence-electron chi connectivity index (χ3n) is 3.18. The molecule has 0 radical (unpaired) electrons. The van der Waals surface area contributed by atoms with Crippen LogP contribution in [0.15, 0.2) is 18.2 Å². The predicted octanol–water partition coefficient (Wildman–Crippen LogP) is 3.37. The number of nitrogens with zero attached hydrogens (tertiary/aromatic N) is 1. The summed E-state index contributed by atoms with van der Waals surface area (Å²) in [6.45, 7) is 0. The van der Waals surface area contributed by atoms with Crippen LogP contribution in [-0.4, -0.2) is 11.9 Å². The molecule has 1 aliphatic rings. The summed E-state index contributed by atoms with van der Waals surface area (Å²) in [6, 6.07) is 7.45. The zero-order valence-electron chi connectivity index (χ0n) is 9.62. The molecule has 0 bridgehead atoms. The van der Waals surface area contributed by atoms with Crippen LogP contribution in [-0.2, 0) is 0 Å². The van der Waals surface area contributed by atoms with Crippen LogP contribution in [0.1, 0.15) is 29.6 Å². The van der Waals surface area contributed by atoms with Crippen molar-refractivity contribution in [2.45, 2.75) is 25.3 Å². The maximum Gasteiger partial charge on any atom is 0.251 e. The average Bonchev–Trinajstić information content (AvgIpc) is 2.79. The first-order chi connectivity index (χ1) is 8.61. The fraction of sp³-hybridized carbons (Fsp3) is 0.385. The van der Waals surface area contributed by atoms with E-state index < -0.39 is 0 Å². The van der Waals surface area contributed by atoms with Gasteiger partial charge in [-0.1, -0.05) is 11.6 Å². The molecule has 0 aliphatic heterocycles. The second-order valence-corrected chi connectivity index (χ2v) is 5.94. The van der Waals surface area contributed by atoms with Gasteiger partial charge in [-0.05, 0) is 60.1 Å². The number of hydrogen-bond donors (Lipinski definition) is 1. The summed E-state index contributed by atoms with van der Waals surface area (Å²) in [6.07, 6.45) is 2.74. The maximum absolute atomic E-state index is 12.0. The van der Waals surface area contributed by atoms with Crippen molar-refractivity contribution in [2.24, 2.45) is 5.92 Å². The highest BCUT2D eigenvalue weighted by Gasteiger charge is 2.28. The molecule has 1 amide bonds. The highest BCUT2D eigenvalue weighted by Crippen LogP contribution is 2.25. The number of carbonyl (C=O) groups is 1. The zero-order chi connectivity index (χ0) is 13.1. The van der Waals surface area contributed by atoms with E-state index in [1.54, 1.807) is 12.1 Å². The van der Waals surface area contributed by atoms with Gasteiger partial charge in [0.25, 0.3) is 5.91 Å². The van der Waals surface area contributed by atoms with Crippen LogP contribution < -0.4 is 5.32 Å². The molecule has 3 nitrogen and oxygen atoms in total. The lowest BCUT2D eigenvalue weighted by Gasteiger charge is -2.15. The minimum Gasteiger partial charge on any atom is -0.348 e. The number of halogens is 2. The molecular weight excluding hydrogens is 363 g/mol. The average molecular weight is 375 g/mol. The number of rotatable bonds is 2. The third-order valence-corrected chi connectivity index (χ3v) is 4.75. The van der Waals surface area contributed by atoms with E-state index in [4.69, 9.17) is 16.9 Å². The number of hydrogen-bond acceptors (Lipinski definition) is 2. The molecule has 2 unspecified atom stereocenters. The van der Waals surface area contributed by atoms with Crippen molar-refractivity contribution in [3.63, 3.8) is 0 Å². The minimum atomic E-state index is -0.152. The summed E-state index contributed by atoms with van der Waals surface area (Å²) in [4.78, 5) is 12.0. The van der Waals surface area contributed by atoms with E-state index >= 15 is 0 Å². The third kappa shape index (κ3) is 2.96. The molecule has 1 aromatic rings. The Morgan fingerprint density at radius 1 is 1.50 bits per heavy atom. The Morgan fingerprint density at radius 3 is 2.94 bits per heavy atom. The van der Waals surface area contributed by atoms with Gasteiger partial charge in [-0.15, -0.1) is 0 Å². The fourth-order valence-corrected chi connectivity index (χ4v) is 2.69. The number of amides is 1. The van der Waals surface area contributed by atoms with Crippen molar-refractivity contribution in [3.05, 3.63) is 32.4 Å². The van der Waals surface area contributed by atoms with Gasteiger partial charge in [0.1, 0.15) is 0 Å². The van der Waals surface area contributed by atoms with E-state index in [2.05, 4.69) is 34.0 Å². The molecular formula is C13H12ClIN2O. The van der Waals surface area contributed by atoms with Crippen molar-refractivity contribution in [2.75, 3.05) is 0 Å². The smallest absolute Gasteiger partial charge is 0.251 e. The SMILES string of the molecule is N#CC1CCCC1NC(=O)c1ccc(I)c(Cl)c1. The Bertz CT molecular complexity index is 512. The summed E-state index contributed by atoms with van der Waals surface area (Å²) in [7, 11) is 0. The molecule has 0 aromatic heterocycles. The molecule has 1 fully saturated rings. The molecule has 94 valence electrons. The maximum atomic E-state index is 12.0. The molecule has 18 heavy (non-hydrogen) atoms. The summed E-state index contributed by atoms with van der Waals surface area (Å²) < 4.78 is 0.918. The molecule has 1 saturated carbocycles. The Hall–Kier alpha value is -0.800. The topological polar surface area (TPSA) is 52.9 Å². The summed E-state index contributed by atoms with van der Waals surface area (Å²) in [5.74, 6) is -0.214. The second-order valence-electron chi connectivity index (χ2n) is 4.38. The van der Waals surface area contributed by atoms with Gasteiger partial charge in [-0.2, -0.15) is 5.26 Å². The zero-order valence-corrected chi connectivity index (χ0v) is 12.5. The lowest BCUT2D eigenvalue weighted by atomic mass is 10.1. The van der Waals surface area contributed by atoms with E-state index in [0.29, 0.717) is 10.6 Å². The number of carbonyl (C=O) groups excluding carboxylic acids is 1. The van der Waals surface area contributed by atoms with Gasteiger partial charge in [0.05, 0.1) is 17.0 Å². The predicted molar refractivity (Wildman–Crippen MR) is 78.4 cm³/mol. The number of benzene rings is 1. The fourth-order valence-electron chi connectivity index (χ4n) is 2.18. The molecule has 2 atom stereocenters. The molecule has 2 rings (SSSR count). The summed E-state index contributed by atoms with van der Waals surface area (Å²) in [5, 5.41) is 12.5. The number of nitrogens with one attached hydrogen (secondary N) is 1. The Labute approximate surface area is 125 Å². The van der Waals surface area contributed by atoms with Crippen LogP contribution in [0.4, 0.5) is 0 Å². The van der Waals surface area contributed by atoms with Crippen LogP contribution in [0.2, 0.25) is 5.02 Å². The van der Waals surface area contributed by atoms with Gasteiger partial charge in [-0.3, -0.25) is 4.79 Å². The Morgan fingerprint density at radius 2 is 2.28 bits per heavy atom. The van der Waals surface area contributed by atoms with Crippen LogP contribution in [0, 0.1) is 20.8 Å². The van der Waals surface area contributed by atoms with Gasteiger partial charge >= 0.3 is 0 Å². The Balaban J connectivity index is 2.08. The lowest BCUT2D eigenvalue weighted by Crippen LogP contribution is -2.36. The Kier molecular flexibility index (Phi) is 4.46. The molecule has 5 heteroatoms. The first-order valence-corrected chi connectivity index (χ1v) is 7.23. The molecule has 0 saturated heterocycles. The molecule has 1 aromatic carbocycles. The first kappa shape index (κ1) is 13.6. The van der Waals surface area contributed by atoms with Crippen molar-refractivity contribution in [3.8, 4) is 6.07 Å². The highest BCUT2D eigenvalue weighted by molar-refractivity contribution is 14.1. The van der Waals surface area contributed by atoms with E-state index in [9.17, 15) is 4.79 Å². The first-order valence-electron chi connectivity index (χ1n) is 5.77. The second kappa shape index (κ2) is 5.89. The van der Waals surface area contributed by atoms with E-state index in [1.165, 1.54) is 0 Å².